The molecule has 4 rings (SSSR count). The normalized spacial score (nSPS) is 22.6. The molecule has 0 unspecified atom stereocenters. The monoisotopic (exact) mass is 432 g/mol. The van der Waals surface area contributed by atoms with Gasteiger partial charge in [-0.15, -0.1) is 0 Å². The van der Waals surface area contributed by atoms with Gasteiger partial charge in [0.1, 0.15) is 6.04 Å². The first kappa shape index (κ1) is 20.8. The number of ether oxygens (including phenoxy) is 2. The maximum Gasteiger partial charge on any atom is 0.416 e. The molecule has 0 saturated carbocycles. The van der Waals surface area contributed by atoms with Gasteiger partial charge in [-0.3, -0.25) is 4.90 Å². The van der Waals surface area contributed by atoms with Crippen LogP contribution in [-0.4, -0.2) is 36.2 Å². The highest BCUT2D eigenvalue weighted by molar-refractivity contribution is 5.79. The van der Waals surface area contributed by atoms with Crippen LogP contribution >= 0.6 is 0 Å². The number of alkyl halides is 3. The number of carbonyl (C=O) groups excluding carboxylic acids is 1. The Hall–Kier alpha value is -3.49. The van der Waals surface area contributed by atoms with Crippen LogP contribution in [-0.2, 0) is 26.9 Å². The maximum atomic E-state index is 13.7. The molecule has 0 radical (unpaired) electrons. The van der Waals surface area contributed by atoms with Crippen LogP contribution in [0.25, 0.3) is 0 Å². The van der Waals surface area contributed by atoms with Gasteiger partial charge in [0.2, 0.25) is 5.90 Å². The van der Waals surface area contributed by atoms with Crippen LogP contribution in [0, 0.1) is 0 Å². The first-order valence-electron chi connectivity index (χ1n) is 9.52. The van der Waals surface area contributed by atoms with E-state index in [2.05, 4.69) is 5.16 Å². The Balaban J connectivity index is 1.69. The van der Waals surface area contributed by atoms with Crippen molar-refractivity contribution in [2.24, 2.45) is 5.16 Å². The quantitative estimate of drug-likeness (QED) is 0.707. The van der Waals surface area contributed by atoms with Gasteiger partial charge in [-0.2, -0.15) is 13.2 Å². The summed E-state index contributed by atoms with van der Waals surface area (Å²) < 4.78 is 51.7. The maximum absolute atomic E-state index is 13.7. The summed E-state index contributed by atoms with van der Waals surface area (Å²) in [6.07, 6.45) is -3.89. The summed E-state index contributed by atoms with van der Waals surface area (Å²) in [6.45, 7) is 0. The summed E-state index contributed by atoms with van der Waals surface area (Å²) >= 11 is 0. The Bertz CT molecular complexity index is 1010. The van der Waals surface area contributed by atoms with E-state index in [-0.39, 0.29) is 5.56 Å². The Morgan fingerprint density at radius 1 is 1.13 bits per heavy atom. The molecule has 0 bridgehead atoms. The van der Waals surface area contributed by atoms with Gasteiger partial charge in [0.05, 0.1) is 19.1 Å². The van der Waals surface area contributed by atoms with Crippen LogP contribution in [0.4, 0.5) is 18.0 Å². The van der Waals surface area contributed by atoms with Crippen molar-refractivity contribution in [2.75, 3.05) is 7.11 Å². The van der Waals surface area contributed by atoms with E-state index >= 15 is 0 Å². The molecule has 2 aromatic rings. The van der Waals surface area contributed by atoms with Gasteiger partial charge in [-0.25, -0.2) is 4.79 Å². The summed E-state index contributed by atoms with van der Waals surface area (Å²) in [6, 6.07) is 13.3. The number of carbonyl (C=O) groups is 1. The minimum Gasteiger partial charge on any atom is -0.467 e. The van der Waals surface area contributed by atoms with E-state index < -0.39 is 36.1 Å². The number of halogens is 3. The van der Waals surface area contributed by atoms with E-state index in [0.717, 1.165) is 23.6 Å². The lowest BCUT2D eigenvalue weighted by Gasteiger charge is -2.41. The molecule has 0 spiro atoms. The highest BCUT2D eigenvalue weighted by atomic mass is 19.4. The van der Waals surface area contributed by atoms with Crippen LogP contribution in [0.1, 0.15) is 22.7 Å². The number of amides is 1. The number of methoxy groups -OCH3 is 1. The zero-order chi connectivity index (χ0) is 22.0. The van der Waals surface area contributed by atoms with Crippen LogP contribution < -0.4 is 0 Å². The lowest BCUT2D eigenvalue weighted by molar-refractivity contribution is -0.140. The van der Waals surface area contributed by atoms with E-state index in [4.69, 9.17) is 14.3 Å². The molecule has 162 valence electrons. The Morgan fingerprint density at radius 2 is 1.84 bits per heavy atom. The first-order valence-corrected chi connectivity index (χ1v) is 9.52. The summed E-state index contributed by atoms with van der Waals surface area (Å²) in [7, 11) is 1.16. The van der Waals surface area contributed by atoms with Crippen molar-refractivity contribution < 1.29 is 32.3 Å². The van der Waals surface area contributed by atoms with Crippen molar-refractivity contribution in [3.05, 3.63) is 83.6 Å². The molecule has 0 saturated heterocycles. The molecule has 9 heteroatoms. The van der Waals surface area contributed by atoms with Crippen molar-refractivity contribution in [3.63, 3.8) is 0 Å². The second kappa shape index (κ2) is 8.33. The molecule has 6 nitrogen and oxygen atoms in total. The molecule has 2 aromatic carbocycles. The summed E-state index contributed by atoms with van der Waals surface area (Å²) in [5.74, 6) is 0.298. The molecule has 31 heavy (non-hydrogen) atoms. The fourth-order valence-corrected chi connectivity index (χ4v) is 3.70. The van der Waals surface area contributed by atoms with Crippen molar-refractivity contribution in [1.82, 2.24) is 4.90 Å². The fraction of sp³-hybridized carbons (Fsp3) is 0.273. The lowest BCUT2D eigenvalue weighted by Crippen LogP contribution is -2.50. The lowest BCUT2D eigenvalue weighted by atomic mass is 9.90. The minimum atomic E-state index is -4.62. The third kappa shape index (κ3) is 4.21. The zero-order valence-electron chi connectivity index (χ0n) is 16.5. The Morgan fingerprint density at radius 3 is 2.55 bits per heavy atom. The molecule has 1 amide bonds. The van der Waals surface area contributed by atoms with Crippen LogP contribution in [0.2, 0.25) is 0 Å². The minimum absolute atomic E-state index is 0.134. The molecule has 2 aliphatic heterocycles. The van der Waals surface area contributed by atoms with Crippen LogP contribution in [0.5, 0.6) is 0 Å². The van der Waals surface area contributed by atoms with E-state index in [0.29, 0.717) is 12.3 Å². The Labute approximate surface area is 176 Å². The van der Waals surface area contributed by atoms with Crippen molar-refractivity contribution in [1.29, 1.82) is 0 Å². The third-order valence-electron chi connectivity index (χ3n) is 5.09. The van der Waals surface area contributed by atoms with Gasteiger partial charge >= 0.3 is 12.3 Å². The summed E-state index contributed by atoms with van der Waals surface area (Å²) in [4.78, 5) is 19.0. The third-order valence-corrected chi connectivity index (χ3v) is 5.09. The Kier molecular flexibility index (Phi) is 5.58. The standard InChI is InChI=1S/C22H19F3N2O4/c1-29-21(28)27-12-11-17-20(19(27)15-9-5-6-10-16(15)22(23,24)25)31-26-18(30-17)13-14-7-3-2-4-8-14/h2-12,17,19-20H,13H2,1H3/t17-,19+,20-/m1/s1. The molecule has 0 aliphatic carbocycles. The van der Waals surface area contributed by atoms with Crippen molar-refractivity contribution >= 4 is 12.0 Å². The topological polar surface area (TPSA) is 60.4 Å². The largest absolute Gasteiger partial charge is 0.467 e. The van der Waals surface area contributed by atoms with Crippen LogP contribution in [0.3, 0.4) is 0 Å². The van der Waals surface area contributed by atoms with Gasteiger partial charge in [-0.1, -0.05) is 53.7 Å². The van der Waals surface area contributed by atoms with E-state index in [1.54, 1.807) is 6.08 Å². The van der Waals surface area contributed by atoms with Gasteiger partial charge < -0.3 is 14.3 Å². The second-order valence-corrected chi connectivity index (χ2v) is 7.05. The molecular weight excluding hydrogens is 413 g/mol. The van der Waals surface area contributed by atoms with E-state index in [9.17, 15) is 18.0 Å². The zero-order valence-corrected chi connectivity index (χ0v) is 16.5. The van der Waals surface area contributed by atoms with Crippen molar-refractivity contribution in [2.45, 2.75) is 30.8 Å². The molecular formula is C22H19F3N2O4. The average molecular weight is 432 g/mol. The van der Waals surface area contributed by atoms with E-state index in [1.807, 2.05) is 30.3 Å². The second-order valence-electron chi connectivity index (χ2n) is 7.05. The number of fused-ring (bicyclic) bond motifs is 1. The van der Waals surface area contributed by atoms with Gasteiger partial charge in [0.25, 0.3) is 0 Å². The molecule has 2 aliphatic rings. The average Bonchev–Trinajstić information content (AvgIpc) is 2.78. The fourth-order valence-electron chi connectivity index (χ4n) is 3.70. The number of nitrogens with zero attached hydrogens (tertiary/aromatic N) is 2. The first-order chi connectivity index (χ1) is 14.9. The summed E-state index contributed by atoms with van der Waals surface area (Å²) in [5.41, 5.74) is -0.0612. The number of hydrogen-bond donors (Lipinski definition) is 0. The van der Waals surface area contributed by atoms with Gasteiger partial charge in [0.15, 0.2) is 12.2 Å². The number of rotatable bonds is 3. The number of hydrogen-bond acceptors (Lipinski definition) is 5. The highest BCUT2D eigenvalue weighted by Gasteiger charge is 2.47. The predicted molar refractivity (Wildman–Crippen MR) is 105 cm³/mol. The predicted octanol–water partition coefficient (Wildman–Crippen LogP) is 4.68. The summed E-state index contributed by atoms with van der Waals surface area (Å²) in [5, 5.41) is 4.00. The van der Waals surface area contributed by atoms with Gasteiger partial charge in [-0.05, 0) is 23.3 Å². The highest BCUT2D eigenvalue weighted by Crippen LogP contribution is 2.42. The molecule has 0 aromatic heterocycles. The van der Waals surface area contributed by atoms with Gasteiger partial charge in [0, 0.05) is 6.20 Å². The SMILES string of the molecule is COC(=O)N1C=C[C@H]2OC(Cc3ccccc3)=NO[C@H]2[C@@H]1c1ccccc1C(F)(F)F. The van der Waals surface area contributed by atoms with E-state index in [1.165, 1.54) is 24.4 Å². The van der Waals surface area contributed by atoms with Crippen molar-refractivity contribution in [3.8, 4) is 0 Å². The molecule has 2 heterocycles. The molecule has 3 atom stereocenters. The number of oxime groups is 1. The van der Waals surface area contributed by atoms with Crippen LogP contribution in [0.15, 0.2) is 72.0 Å². The molecule has 0 fully saturated rings. The smallest absolute Gasteiger partial charge is 0.416 e. The number of benzene rings is 2. The molecule has 0 N–H and O–H groups in total.